The molecule has 1 aliphatic rings. The van der Waals surface area contributed by atoms with E-state index in [1.54, 1.807) is 0 Å². The molecule has 1 aromatic carbocycles. The summed E-state index contributed by atoms with van der Waals surface area (Å²) < 4.78 is 19.4. The highest BCUT2D eigenvalue weighted by molar-refractivity contribution is 9.10. The summed E-state index contributed by atoms with van der Waals surface area (Å²) in [6, 6.07) is 4.05. The third-order valence-electron chi connectivity index (χ3n) is 3.20. The SMILES string of the molecule is O=C(NCCOC1CCNCC1)c1cc(F)ccc1Br. The Morgan fingerprint density at radius 1 is 1.45 bits per heavy atom. The molecule has 110 valence electrons. The Kier molecular flexibility index (Phi) is 5.94. The van der Waals surface area contributed by atoms with Gasteiger partial charge in [0.25, 0.3) is 5.91 Å². The second kappa shape index (κ2) is 7.71. The van der Waals surface area contributed by atoms with Gasteiger partial charge in [-0.15, -0.1) is 0 Å². The maximum absolute atomic E-state index is 13.1. The van der Waals surface area contributed by atoms with E-state index in [1.807, 2.05) is 0 Å². The number of hydrogen-bond donors (Lipinski definition) is 2. The topological polar surface area (TPSA) is 50.4 Å². The average Bonchev–Trinajstić information content (AvgIpc) is 2.47. The minimum absolute atomic E-state index is 0.272. The Morgan fingerprint density at radius 3 is 2.95 bits per heavy atom. The number of hydrogen-bond acceptors (Lipinski definition) is 3. The third-order valence-corrected chi connectivity index (χ3v) is 3.89. The highest BCUT2D eigenvalue weighted by atomic mass is 79.9. The molecule has 1 heterocycles. The molecule has 1 aromatic rings. The van der Waals surface area contributed by atoms with Crippen molar-refractivity contribution in [2.24, 2.45) is 0 Å². The number of benzene rings is 1. The van der Waals surface area contributed by atoms with Gasteiger partial charge in [-0.1, -0.05) is 0 Å². The van der Waals surface area contributed by atoms with Crippen molar-refractivity contribution in [1.29, 1.82) is 0 Å². The highest BCUT2D eigenvalue weighted by Gasteiger charge is 2.14. The molecular weight excluding hydrogens is 327 g/mol. The zero-order valence-electron chi connectivity index (χ0n) is 11.1. The fourth-order valence-electron chi connectivity index (χ4n) is 2.12. The number of rotatable bonds is 5. The summed E-state index contributed by atoms with van der Waals surface area (Å²) in [7, 11) is 0. The van der Waals surface area contributed by atoms with Gasteiger partial charge in [0.05, 0.1) is 18.3 Å². The molecule has 0 aliphatic carbocycles. The maximum Gasteiger partial charge on any atom is 0.252 e. The zero-order chi connectivity index (χ0) is 14.4. The molecule has 1 aliphatic heterocycles. The Balaban J connectivity index is 1.73. The third kappa shape index (κ3) is 4.54. The smallest absolute Gasteiger partial charge is 0.252 e. The summed E-state index contributed by atoms with van der Waals surface area (Å²) in [4.78, 5) is 11.9. The van der Waals surface area contributed by atoms with Crippen molar-refractivity contribution in [1.82, 2.24) is 10.6 Å². The van der Waals surface area contributed by atoms with Gasteiger partial charge in [0.15, 0.2) is 0 Å². The van der Waals surface area contributed by atoms with E-state index in [2.05, 4.69) is 26.6 Å². The molecule has 0 radical (unpaired) electrons. The van der Waals surface area contributed by atoms with E-state index in [-0.39, 0.29) is 12.0 Å². The van der Waals surface area contributed by atoms with Crippen LogP contribution in [0.25, 0.3) is 0 Å². The van der Waals surface area contributed by atoms with Crippen LogP contribution in [0.15, 0.2) is 22.7 Å². The van der Waals surface area contributed by atoms with Gasteiger partial charge in [0, 0.05) is 11.0 Å². The second-order valence-electron chi connectivity index (χ2n) is 4.70. The van der Waals surface area contributed by atoms with E-state index < -0.39 is 5.82 Å². The van der Waals surface area contributed by atoms with Gasteiger partial charge < -0.3 is 15.4 Å². The Bertz CT molecular complexity index is 464. The van der Waals surface area contributed by atoms with Crippen LogP contribution in [0.2, 0.25) is 0 Å². The normalized spacial score (nSPS) is 16.1. The van der Waals surface area contributed by atoms with Gasteiger partial charge in [0.2, 0.25) is 0 Å². The molecule has 1 saturated heterocycles. The first kappa shape index (κ1) is 15.4. The van der Waals surface area contributed by atoms with Crippen LogP contribution in [-0.4, -0.2) is 38.3 Å². The number of halogens is 2. The van der Waals surface area contributed by atoms with Gasteiger partial charge in [0.1, 0.15) is 5.82 Å². The van der Waals surface area contributed by atoms with Gasteiger partial charge in [-0.3, -0.25) is 4.79 Å². The van der Waals surface area contributed by atoms with Crippen LogP contribution >= 0.6 is 15.9 Å². The van der Waals surface area contributed by atoms with Crippen LogP contribution in [0, 0.1) is 5.82 Å². The number of ether oxygens (including phenoxy) is 1. The molecule has 20 heavy (non-hydrogen) atoms. The maximum atomic E-state index is 13.1. The number of carbonyl (C=O) groups is 1. The van der Waals surface area contributed by atoms with Crippen molar-refractivity contribution < 1.29 is 13.9 Å². The molecule has 1 amide bonds. The first-order valence-electron chi connectivity index (χ1n) is 6.72. The van der Waals surface area contributed by atoms with Crippen molar-refractivity contribution in [2.45, 2.75) is 18.9 Å². The van der Waals surface area contributed by atoms with E-state index >= 15 is 0 Å². The fraction of sp³-hybridized carbons (Fsp3) is 0.500. The Morgan fingerprint density at radius 2 is 2.20 bits per heavy atom. The molecule has 2 rings (SSSR count). The first-order valence-corrected chi connectivity index (χ1v) is 7.51. The van der Waals surface area contributed by atoms with Crippen molar-refractivity contribution in [3.8, 4) is 0 Å². The van der Waals surface area contributed by atoms with Gasteiger partial charge >= 0.3 is 0 Å². The minimum Gasteiger partial charge on any atom is -0.376 e. The van der Waals surface area contributed by atoms with E-state index in [1.165, 1.54) is 18.2 Å². The number of piperidine rings is 1. The van der Waals surface area contributed by atoms with Crippen LogP contribution in [0.5, 0.6) is 0 Å². The summed E-state index contributed by atoms with van der Waals surface area (Å²) in [6.07, 6.45) is 2.28. The Labute approximate surface area is 126 Å². The number of carbonyl (C=O) groups excluding carboxylic acids is 1. The van der Waals surface area contributed by atoms with Crippen molar-refractivity contribution >= 4 is 21.8 Å². The first-order chi connectivity index (χ1) is 9.66. The standard InChI is InChI=1S/C14H18BrFN2O2/c15-13-2-1-10(16)9-12(13)14(19)18-7-8-20-11-3-5-17-6-4-11/h1-2,9,11,17H,3-8H2,(H,18,19). The fourth-order valence-corrected chi connectivity index (χ4v) is 2.55. The molecule has 6 heteroatoms. The molecule has 1 fully saturated rings. The molecule has 2 N–H and O–H groups in total. The second-order valence-corrected chi connectivity index (χ2v) is 5.55. The monoisotopic (exact) mass is 344 g/mol. The molecule has 4 nitrogen and oxygen atoms in total. The summed E-state index contributed by atoms with van der Waals surface area (Å²) >= 11 is 3.24. The van der Waals surface area contributed by atoms with Crippen molar-refractivity contribution in [2.75, 3.05) is 26.2 Å². The number of amides is 1. The average molecular weight is 345 g/mol. The lowest BCUT2D eigenvalue weighted by Gasteiger charge is -2.22. The summed E-state index contributed by atoms with van der Waals surface area (Å²) in [5, 5.41) is 6.00. The molecule has 0 spiro atoms. The molecule has 0 saturated carbocycles. The van der Waals surface area contributed by atoms with E-state index in [4.69, 9.17) is 4.74 Å². The summed E-state index contributed by atoms with van der Waals surface area (Å²) in [5.41, 5.74) is 0.298. The predicted octanol–water partition coefficient (Wildman–Crippen LogP) is 2.09. The van der Waals surface area contributed by atoms with E-state index in [9.17, 15) is 9.18 Å². The minimum atomic E-state index is -0.427. The van der Waals surface area contributed by atoms with E-state index in [0.717, 1.165) is 25.9 Å². The van der Waals surface area contributed by atoms with E-state index in [0.29, 0.717) is 23.2 Å². The zero-order valence-corrected chi connectivity index (χ0v) is 12.7. The van der Waals surface area contributed by atoms with Crippen molar-refractivity contribution in [3.63, 3.8) is 0 Å². The van der Waals surface area contributed by atoms with Crippen LogP contribution in [0.1, 0.15) is 23.2 Å². The lowest BCUT2D eigenvalue weighted by molar-refractivity contribution is 0.0343. The molecule has 0 bridgehead atoms. The quantitative estimate of drug-likeness (QED) is 0.804. The lowest BCUT2D eigenvalue weighted by atomic mass is 10.1. The van der Waals surface area contributed by atoms with Gasteiger partial charge in [-0.05, 0) is 60.1 Å². The van der Waals surface area contributed by atoms with Crippen LogP contribution in [0.4, 0.5) is 4.39 Å². The lowest BCUT2D eigenvalue weighted by Crippen LogP contribution is -2.34. The molecule has 0 unspecified atom stereocenters. The van der Waals surface area contributed by atoms with Gasteiger partial charge in [-0.25, -0.2) is 4.39 Å². The number of nitrogens with one attached hydrogen (secondary N) is 2. The predicted molar refractivity (Wildman–Crippen MR) is 78.3 cm³/mol. The van der Waals surface area contributed by atoms with Gasteiger partial charge in [-0.2, -0.15) is 0 Å². The van der Waals surface area contributed by atoms with Crippen LogP contribution < -0.4 is 10.6 Å². The Hall–Kier alpha value is -0.980. The van der Waals surface area contributed by atoms with Crippen LogP contribution in [-0.2, 0) is 4.74 Å². The van der Waals surface area contributed by atoms with Crippen LogP contribution in [0.3, 0.4) is 0 Å². The molecule has 0 aromatic heterocycles. The summed E-state index contributed by atoms with van der Waals surface area (Å²) in [6.45, 7) is 2.86. The molecular formula is C14H18BrFN2O2. The summed E-state index contributed by atoms with van der Waals surface area (Å²) in [5.74, 6) is -0.727. The largest absolute Gasteiger partial charge is 0.376 e. The van der Waals surface area contributed by atoms with Crippen molar-refractivity contribution in [3.05, 3.63) is 34.1 Å². The molecule has 0 atom stereocenters. The highest BCUT2D eigenvalue weighted by Crippen LogP contribution is 2.17.